The summed E-state index contributed by atoms with van der Waals surface area (Å²) in [5.74, 6) is 6.01. The van der Waals surface area contributed by atoms with E-state index >= 15 is 0 Å². The van der Waals surface area contributed by atoms with Crippen LogP contribution in [0.2, 0.25) is 0 Å². The second-order valence-corrected chi connectivity index (χ2v) is 6.73. The highest BCUT2D eigenvalue weighted by atomic mass is 19.1. The Morgan fingerprint density at radius 1 is 1.45 bits per heavy atom. The number of primary amides is 1. The van der Waals surface area contributed by atoms with Gasteiger partial charge in [-0.3, -0.25) is 0 Å². The summed E-state index contributed by atoms with van der Waals surface area (Å²) in [5, 5.41) is 0. The molecular weight excluding hydrogens is 375 g/mol. The standard InChI is InChI=1S/C20H19FN6O2/c1-12(29-20(22)28)4-5-15-14(9-13(21)10-23-15)17-3-2-8-27(17)18-7-6-16-19(26-18)25-11-24-16/h6-7,9-12,17H,2-3,8H2,1H3,(H2,22,28)(H,24,25,26)/t12-,17-/m1/s1. The van der Waals surface area contributed by atoms with Crippen LogP contribution in [0.3, 0.4) is 0 Å². The number of hydrogen-bond donors (Lipinski definition) is 2. The Morgan fingerprint density at radius 3 is 3.14 bits per heavy atom. The van der Waals surface area contributed by atoms with Gasteiger partial charge in [0, 0.05) is 12.1 Å². The molecule has 0 bridgehead atoms. The van der Waals surface area contributed by atoms with Crippen LogP contribution in [0, 0.1) is 17.7 Å². The van der Waals surface area contributed by atoms with Crippen molar-refractivity contribution in [1.29, 1.82) is 0 Å². The van der Waals surface area contributed by atoms with Gasteiger partial charge in [-0.1, -0.05) is 5.92 Å². The first-order valence-electron chi connectivity index (χ1n) is 9.21. The van der Waals surface area contributed by atoms with Crippen molar-refractivity contribution in [3.63, 3.8) is 0 Å². The van der Waals surface area contributed by atoms with Crippen molar-refractivity contribution in [2.45, 2.75) is 31.9 Å². The number of pyridine rings is 2. The number of halogens is 1. The largest absolute Gasteiger partial charge is 0.433 e. The van der Waals surface area contributed by atoms with Gasteiger partial charge in [-0.2, -0.15) is 0 Å². The van der Waals surface area contributed by atoms with Gasteiger partial charge in [-0.25, -0.2) is 24.1 Å². The van der Waals surface area contributed by atoms with E-state index in [9.17, 15) is 9.18 Å². The highest BCUT2D eigenvalue weighted by molar-refractivity contribution is 5.72. The van der Waals surface area contributed by atoms with Crippen molar-refractivity contribution in [2.75, 3.05) is 11.4 Å². The number of aromatic nitrogens is 4. The number of imidazole rings is 1. The fraction of sp³-hybridized carbons (Fsp3) is 0.300. The first kappa shape index (κ1) is 18.7. The molecule has 0 spiro atoms. The maximum absolute atomic E-state index is 14.0. The Bertz CT molecular complexity index is 1120. The van der Waals surface area contributed by atoms with E-state index in [0.29, 0.717) is 16.9 Å². The molecule has 4 rings (SSSR count). The van der Waals surface area contributed by atoms with Gasteiger partial charge in [0.25, 0.3) is 0 Å². The molecule has 3 aromatic heterocycles. The quantitative estimate of drug-likeness (QED) is 0.661. The van der Waals surface area contributed by atoms with E-state index in [1.165, 1.54) is 6.07 Å². The van der Waals surface area contributed by atoms with Gasteiger partial charge in [0.05, 0.1) is 24.1 Å². The zero-order valence-electron chi connectivity index (χ0n) is 15.7. The summed E-state index contributed by atoms with van der Waals surface area (Å²) in [4.78, 5) is 29.0. The highest BCUT2D eigenvalue weighted by Crippen LogP contribution is 2.36. The second kappa shape index (κ2) is 7.75. The van der Waals surface area contributed by atoms with Crippen molar-refractivity contribution >= 4 is 23.1 Å². The fourth-order valence-corrected chi connectivity index (χ4v) is 3.52. The minimum atomic E-state index is -0.902. The molecule has 1 saturated heterocycles. The van der Waals surface area contributed by atoms with Gasteiger partial charge in [-0.05, 0) is 43.9 Å². The maximum Gasteiger partial charge on any atom is 0.405 e. The molecule has 148 valence electrons. The van der Waals surface area contributed by atoms with Crippen LogP contribution in [0.15, 0.2) is 30.7 Å². The number of amides is 1. The molecule has 2 atom stereocenters. The van der Waals surface area contributed by atoms with E-state index in [1.54, 1.807) is 13.3 Å². The molecule has 1 aliphatic rings. The third-order valence-corrected chi connectivity index (χ3v) is 4.74. The summed E-state index contributed by atoms with van der Waals surface area (Å²) in [7, 11) is 0. The molecule has 8 nitrogen and oxygen atoms in total. The van der Waals surface area contributed by atoms with Crippen molar-refractivity contribution in [3.05, 3.63) is 47.8 Å². The van der Waals surface area contributed by atoms with E-state index in [1.807, 2.05) is 12.1 Å². The smallest absolute Gasteiger partial charge is 0.405 e. The average molecular weight is 394 g/mol. The third-order valence-electron chi connectivity index (χ3n) is 4.74. The lowest BCUT2D eigenvalue weighted by Gasteiger charge is -2.26. The number of aromatic amines is 1. The number of carbonyl (C=O) groups excluding carboxylic acids is 1. The molecule has 0 unspecified atom stereocenters. The molecule has 0 aromatic carbocycles. The second-order valence-electron chi connectivity index (χ2n) is 6.73. The highest BCUT2D eigenvalue weighted by Gasteiger charge is 2.30. The number of rotatable bonds is 3. The number of nitrogens with zero attached hydrogens (tertiary/aromatic N) is 4. The fourth-order valence-electron chi connectivity index (χ4n) is 3.52. The number of nitrogens with two attached hydrogens (primary N) is 1. The molecular formula is C20H19FN6O2. The van der Waals surface area contributed by atoms with Crippen LogP contribution in [0.1, 0.15) is 37.1 Å². The normalized spacial score (nSPS) is 17.0. The lowest BCUT2D eigenvalue weighted by atomic mass is 10.0. The molecule has 9 heteroatoms. The topological polar surface area (TPSA) is 110 Å². The molecule has 29 heavy (non-hydrogen) atoms. The molecule has 0 radical (unpaired) electrons. The molecule has 1 amide bonds. The number of hydrogen-bond acceptors (Lipinski definition) is 6. The Hall–Kier alpha value is -3.67. The molecule has 4 heterocycles. The molecule has 3 N–H and O–H groups in total. The number of nitrogens with one attached hydrogen (secondary N) is 1. The summed E-state index contributed by atoms with van der Waals surface area (Å²) in [6.45, 7) is 2.38. The summed E-state index contributed by atoms with van der Waals surface area (Å²) >= 11 is 0. The van der Waals surface area contributed by atoms with Crippen LogP contribution in [0.5, 0.6) is 0 Å². The first-order valence-corrected chi connectivity index (χ1v) is 9.21. The molecule has 0 aliphatic carbocycles. The number of fused-ring (bicyclic) bond motifs is 1. The Labute approximate surface area is 166 Å². The van der Waals surface area contributed by atoms with E-state index in [2.05, 4.69) is 36.7 Å². The third kappa shape index (κ3) is 3.96. The van der Waals surface area contributed by atoms with Gasteiger partial charge < -0.3 is 20.4 Å². The van der Waals surface area contributed by atoms with Crippen molar-refractivity contribution in [2.24, 2.45) is 5.73 Å². The molecule has 3 aromatic rings. The van der Waals surface area contributed by atoms with Crippen LogP contribution in [0.4, 0.5) is 15.0 Å². The van der Waals surface area contributed by atoms with Crippen LogP contribution in [-0.2, 0) is 4.74 Å². The maximum atomic E-state index is 14.0. The van der Waals surface area contributed by atoms with Crippen molar-refractivity contribution < 1.29 is 13.9 Å². The summed E-state index contributed by atoms with van der Waals surface area (Å²) in [5.41, 5.74) is 7.60. The van der Waals surface area contributed by atoms with Gasteiger partial charge in [0.2, 0.25) is 0 Å². The van der Waals surface area contributed by atoms with E-state index in [0.717, 1.165) is 36.9 Å². The summed E-state index contributed by atoms with van der Waals surface area (Å²) < 4.78 is 18.8. The van der Waals surface area contributed by atoms with Gasteiger partial charge in [-0.15, -0.1) is 0 Å². The summed E-state index contributed by atoms with van der Waals surface area (Å²) in [6.07, 6.45) is 2.86. The zero-order chi connectivity index (χ0) is 20.4. The van der Waals surface area contributed by atoms with E-state index in [4.69, 9.17) is 10.5 Å². The van der Waals surface area contributed by atoms with Crippen molar-refractivity contribution in [3.8, 4) is 11.8 Å². The van der Waals surface area contributed by atoms with Gasteiger partial charge in [0.15, 0.2) is 11.8 Å². The Morgan fingerprint density at radius 2 is 2.31 bits per heavy atom. The lowest BCUT2D eigenvalue weighted by molar-refractivity contribution is 0.141. The Kier molecular flexibility index (Phi) is 4.99. The predicted molar refractivity (Wildman–Crippen MR) is 104 cm³/mol. The molecule has 1 aliphatic heterocycles. The minimum Gasteiger partial charge on any atom is -0.433 e. The lowest BCUT2D eigenvalue weighted by Crippen LogP contribution is -2.24. The average Bonchev–Trinajstić information content (AvgIpc) is 3.35. The van der Waals surface area contributed by atoms with Crippen LogP contribution in [0.25, 0.3) is 11.2 Å². The van der Waals surface area contributed by atoms with Crippen LogP contribution in [-0.4, -0.2) is 38.7 Å². The minimum absolute atomic E-state index is 0.126. The van der Waals surface area contributed by atoms with E-state index in [-0.39, 0.29) is 6.04 Å². The van der Waals surface area contributed by atoms with Gasteiger partial charge >= 0.3 is 6.09 Å². The monoisotopic (exact) mass is 394 g/mol. The predicted octanol–water partition coefficient (Wildman–Crippen LogP) is 2.67. The number of H-pyrrole nitrogens is 1. The molecule has 1 fully saturated rings. The SMILES string of the molecule is C[C@H](C#Cc1ncc(F)cc1[C@H]1CCCN1c1ccc2[nH]cnc2n1)OC(N)=O. The van der Waals surface area contributed by atoms with Crippen LogP contribution < -0.4 is 10.6 Å². The number of anilines is 1. The zero-order valence-corrected chi connectivity index (χ0v) is 15.7. The van der Waals surface area contributed by atoms with E-state index < -0.39 is 18.0 Å². The summed E-state index contributed by atoms with van der Waals surface area (Å²) in [6, 6.07) is 5.17. The van der Waals surface area contributed by atoms with Gasteiger partial charge in [0.1, 0.15) is 17.3 Å². The number of carbonyl (C=O) groups is 1. The van der Waals surface area contributed by atoms with Crippen LogP contribution >= 0.6 is 0 Å². The van der Waals surface area contributed by atoms with Crippen molar-refractivity contribution in [1.82, 2.24) is 19.9 Å². The molecule has 0 saturated carbocycles. The Balaban J connectivity index is 1.68. The number of ether oxygens (including phenoxy) is 1. The first-order chi connectivity index (χ1) is 14.0.